The van der Waals surface area contributed by atoms with E-state index in [9.17, 15) is 4.79 Å². The molecular weight excluding hydrogens is 268 g/mol. The zero-order valence-electron chi connectivity index (χ0n) is 9.66. The van der Waals surface area contributed by atoms with Gasteiger partial charge >= 0.3 is 0 Å². The van der Waals surface area contributed by atoms with Gasteiger partial charge in [0.1, 0.15) is 5.69 Å². The maximum absolute atomic E-state index is 12.2. The highest BCUT2D eigenvalue weighted by molar-refractivity contribution is 9.10. The number of rotatable bonds is 1. The summed E-state index contributed by atoms with van der Waals surface area (Å²) in [6.07, 6.45) is 4.12. The largest absolute Gasteiger partial charge is 0.356 e. The van der Waals surface area contributed by atoms with Gasteiger partial charge in [0.15, 0.2) is 0 Å². The molecule has 2 atom stereocenters. The number of aromatic amines is 1. The molecule has 1 aromatic rings. The summed E-state index contributed by atoms with van der Waals surface area (Å²) in [5, 5.41) is 0. The van der Waals surface area contributed by atoms with E-state index < -0.39 is 0 Å². The second-order valence-corrected chi connectivity index (χ2v) is 5.64. The number of nitrogens with one attached hydrogen (secondary N) is 1. The zero-order valence-corrected chi connectivity index (χ0v) is 11.3. The van der Waals surface area contributed by atoms with Crippen molar-refractivity contribution in [2.24, 2.45) is 5.92 Å². The summed E-state index contributed by atoms with van der Waals surface area (Å²) in [7, 11) is 0. The van der Waals surface area contributed by atoms with Crippen LogP contribution in [0, 0.1) is 5.92 Å². The number of carbonyl (C=O) groups excluding carboxylic acids is 1. The van der Waals surface area contributed by atoms with Crippen molar-refractivity contribution in [2.75, 3.05) is 6.54 Å². The van der Waals surface area contributed by atoms with Crippen molar-refractivity contribution in [2.45, 2.75) is 32.7 Å². The maximum atomic E-state index is 12.2. The van der Waals surface area contributed by atoms with Crippen LogP contribution in [0.15, 0.2) is 16.7 Å². The first-order chi connectivity index (χ1) is 7.58. The first-order valence-corrected chi connectivity index (χ1v) is 6.52. The van der Waals surface area contributed by atoms with E-state index in [1.165, 1.54) is 6.42 Å². The SMILES string of the molecule is CC1CCC(C)N(C(=O)c2cc(Br)c[nH]2)C1. The van der Waals surface area contributed by atoms with Crippen LogP contribution in [-0.2, 0) is 0 Å². The van der Waals surface area contributed by atoms with E-state index in [2.05, 4.69) is 34.8 Å². The van der Waals surface area contributed by atoms with Crippen LogP contribution in [0.3, 0.4) is 0 Å². The number of halogens is 1. The lowest BCUT2D eigenvalue weighted by Crippen LogP contribution is -2.45. The van der Waals surface area contributed by atoms with Gasteiger partial charge in [-0.25, -0.2) is 0 Å². The molecule has 16 heavy (non-hydrogen) atoms. The topological polar surface area (TPSA) is 36.1 Å². The first kappa shape index (κ1) is 11.7. The highest BCUT2D eigenvalue weighted by Gasteiger charge is 2.28. The number of piperidine rings is 1. The standard InChI is InChI=1S/C12H17BrN2O/c1-8-3-4-9(2)15(7-8)12(16)11-5-10(13)6-14-11/h5-6,8-9,14H,3-4,7H2,1-2H3. The smallest absolute Gasteiger partial charge is 0.270 e. The molecule has 2 unspecified atom stereocenters. The molecule has 88 valence electrons. The molecule has 1 N–H and O–H groups in total. The lowest BCUT2D eigenvalue weighted by atomic mass is 9.95. The van der Waals surface area contributed by atoms with Gasteiger partial charge in [-0.2, -0.15) is 0 Å². The van der Waals surface area contributed by atoms with Crippen molar-refractivity contribution < 1.29 is 4.79 Å². The fourth-order valence-electron chi connectivity index (χ4n) is 2.22. The van der Waals surface area contributed by atoms with Gasteiger partial charge in [0.25, 0.3) is 5.91 Å². The molecule has 0 aliphatic carbocycles. The molecule has 1 fully saturated rings. The Morgan fingerprint density at radius 1 is 1.50 bits per heavy atom. The molecule has 0 aromatic carbocycles. The molecule has 0 saturated carbocycles. The molecule has 0 spiro atoms. The molecular formula is C12H17BrN2O. The van der Waals surface area contributed by atoms with Crippen LogP contribution >= 0.6 is 15.9 Å². The second-order valence-electron chi connectivity index (χ2n) is 4.72. The van der Waals surface area contributed by atoms with Gasteiger partial charge in [-0.1, -0.05) is 6.92 Å². The quantitative estimate of drug-likeness (QED) is 0.846. The van der Waals surface area contributed by atoms with E-state index in [1.54, 1.807) is 6.20 Å². The summed E-state index contributed by atoms with van der Waals surface area (Å²) < 4.78 is 0.925. The van der Waals surface area contributed by atoms with Gasteiger partial charge in [-0.05, 0) is 47.7 Å². The minimum absolute atomic E-state index is 0.116. The molecule has 0 bridgehead atoms. The fourth-order valence-corrected chi connectivity index (χ4v) is 2.56. The normalized spacial score (nSPS) is 25.8. The van der Waals surface area contributed by atoms with E-state index in [4.69, 9.17) is 0 Å². The number of hydrogen-bond donors (Lipinski definition) is 1. The predicted octanol–water partition coefficient (Wildman–Crippen LogP) is 3.04. The van der Waals surface area contributed by atoms with Crippen molar-refractivity contribution in [3.63, 3.8) is 0 Å². The number of H-pyrrole nitrogens is 1. The van der Waals surface area contributed by atoms with Crippen molar-refractivity contribution in [3.05, 3.63) is 22.4 Å². The number of aromatic nitrogens is 1. The van der Waals surface area contributed by atoms with E-state index in [-0.39, 0.29) is 5.91 Å². The van der Waals surface area contributed by atoms with Gasteiger partial charge in [-0.15, -0.1) is 0 Å². The summed E-state index contributed by atoms with van der Waals surface area (Å²) in [5.41, 5.74) is 0.674. The Bertz CT molecular complexity index is 388. The third-order valence-electron chi connectivity index (χ3n) is 3.26. The Hall–Kier alpha value is -0.770. The number of carbonyl (C=O) groups is 1. The Morgan fingerprint density at radius 3 is 2.88 bits per heavy atom. The van der Waals surface area contributed by atoms with Crippen LogP contribution in [0.1, 0.15) is 37.2 Å². The Kier molecular flexibility index (Phi) is 3.38. The monoisotopic (exact) mass is 284 g/mol. The van der Waals surface area contributed by atoms with Crippen molar-refractivity contribution in [1.82, 2.24) is 9.88 Å². The van der Waals surface area contributed by atoms with Crippen LogP contribution in [0.5, 0.6) is 0 Å². The molecule has 1 aliphatic heterocycles. The van der Waals surface area contributed by atoms with Crippen LogP contribution < -0.4 is 0 Å². The van der Waals surface area contributed by atoms with Crippen LogP contribution in [0.4, 0.5) is 0 Å². The lowest BCUT2D eigenvalue weighted by molar-refractivity contribution is 0.0568. The van der Waals surface area contributed by atoms with Crippen molar-refractivity contribution >= 4 is 21.8 Å². The Balaban J connectivity index is 2.14. The fraction of sp³-hybridized carbons (Fsp3) is 0.583. The molecule has 4 heteroatoms. The lowest BCUT2D eigenvalue weighted by Gasteiger charge is -2.36. The van der Waals surface area contributed by atoms with E-state index >= 15 is 0 Å². The van der Waals surface area contributed by atoms with Crippen molar-refractivity contribution in [3.8, 4) is 0 Å². The number of likely N-dealkylation sites (tertiary alicyclic amines) is 1. The second kappa shape index (κ2) is 4.62. The van der Waals surface area contributed by atoms with Crippen LogP contribution in [0.25, 0.3) is 0 Å². The van der Waals surface area contributed by atoms with Crippen LogP contribution in [0.2, 0.25) is 0 Å². The predicted molar refractivity (Wildman–Crippen MR) is 67.4 cm³/mol. The summed E-state index contributed by atoms with van der Waals surface area (Å²) in [6.45, 7) is 5.20. The molecule has 1 aromatic heterocycles. The summed E-state index contributed by atoms with van der Waals surface area (Å²) in [6, 6.07) is 2.19. The van der Waals surface area contributed by atoms with Gasteiger partial charge in [-0.3, -0.25) is 4.79 Å². The minimum Gasteiger partial charge on any atom is -0.356 e. The van der Waals surface area contributed by atoms with E-state index in [1.807, 2.05) is 11.0 Å². The van der Waals surface area contributed by atoms with Gasteiger partial charge in [0.2, 0.25) is 0 Å². The minimum atomic E-state index is 0.116. The van der Waals surface area contributed by atoms with Gasteiger partial charge < -0.3 is 9.88 Å². The first-order valence-electron chi connectivity index (χ1n) is 5.73. The number of amides is 1. The van der Waals surface area contributed by atoms with E-state index in [0.717, 1.165) is 17.4 Å². The molecule has 1 saturated heterocycles. The molecule has 3 nitrogen and oxygen atoms in total. The number of nitrogens with zero attached hydrogens (tertiary/aromatic N) is 1. The molecule has 2 heterocycles. The summed E-state index contributed by atoms with van der Waals surface area (Å²) in [4.78, 5) is 17.2. The van der Waals surface area contributed by atoms with Gasteiger partial charge in [0.05, 0.1) is 0 Å². The Labute approximate surface area is 104 Å². The van der Waals surface area contributed by atoms with Crippen molar-refractivity contribution in [1.29, 1.82) is 0 Å². The van der Waals surface area contributed by atoms with Gasteiger partial charge in [0, 0.05) is 23.3 Å². The highest BCUT2D eigenvalue weighted by atomic mass is 79.9. The average Bonchev–Trinajstić information content (AvgIpc) is 2.67. The molecule has 2 rings (SSSR count). The summed E-state index contributed by atoms with van der Waals surface area (Å²) in [5.74, 6) is 0.725. The average molecular weight is 285 g/mol. The van der Waals surface area contributed by atoms with E-state index in [0.29, 0.717) is 17.7 Å². The third kappa shape index (κ3) is 2.32. The Morgan fingerprint density at radius 2 is 2.25 bits per heavy atom. The highest BCUT2D eigenvalue weighted by Crippen LogP contribution is 2.23. The van der Waals surface area contributed by atoms with Crippen LogP contribution in [-0.4, -0.2) is 28.4 Å². The maximum Gasteiger partial charge on any atom is 0.270 e. The molecule has 1 amide bonds. The zero-order chi connectivity index (χ0) is 11.7. The molecule has 1 aliphatic rings. The summed E-state index contributed by atoms with van der Waals surface area (Å²) >= 11 is 3.35. The third-order valence-corrected chi connectivity index (χ3v) is 3.71. The molecule has 0 radical (unpaired) electrons. The number of hydrogen-bond acceptors (Lipinski definition) is 1.